The summed E-state index contributed by atoms with van der Waals surface area (Å²) in [5.41, 5.74) is 0.628. The number of benzene rings is 1. The molecule has 0 fully saturated rings. The topological polar surface area (TPSA) is 83.3 Å². The Hall–Kier alpha value is -2.91. The van der Waals surface area contributed by atoms with E-state index in [-0.39, 0.29) is 17.3 Å². The van der Waals surface area contributed by atoms with E-state index in [4.69, 9.17) is 21.6 Å². The number of aromatic nitrogens is 1. The highest BCUT2D eigenvalue weighted by Gasteiger charge is 2.19. The van der Waals surface area contributed by atoms with Crippen LogP contribution in [0.15, 0.2) is 48.7 Å². The number of rotatable bonds is 5. The van der Waals surface area contributed by atoms with Crippen LogP contribution in [0.4, 0.5) is 5.69 Å². The number of para-hydroxylation sites is 1. The number of nitriles is 1. The highest BCUT2D eigenvalue weighted by Crippen LogP contribution is 2.15. The normalized spacial score (nSPS) is 9.74. The third kappa shape index (κ3) is 4.28. The maximum Gasteiger partial charge on any atom is 0.341 e. The number of esters is 1. The highest BCUT2D eigenvalue weighted by molar-refractivity contribution is 6.32. The molecule has 0 spiro atoms. The van der Waals surface area contributed by atoms with Gasteiger partial charge in [-0.15, -0.1) is 0 Å². The van der Waals surface area contributed by atoms with Crippen molar-refractivity contribution < 1.29 is 14.3 Å². The van der Waals surface area contributed by atoms with E-state index in [0.717, 1.165) is 0 Å². The lowest BCUT2D eigenvalue weighted by atomic mass is 10.3. The van der Waals surface area contributed by atoms with Gasteiger partial charge < -0.3 is 4.74 Å². The molecule has 1 heterocycles. The summed E-state index contributed by atoms with van der Waals surface area (Å²) >= 11 is 5.79. The molecule has 7 heteroatoms. The van der Waals surface area contributed by atoms with E-state index in [1.54, 1.807) is 30.3 Å². The lowest BCUT2D eigenvalue weighted by Crippen LogP contribution is -2.35. The summed E-state index contributed by atoms with van der Waals surface area (Å²) in [6, 6.07) is 13.6. The Balaban J connectivity index is 2.04. The summed E-state index contributed by atoms with van der Waals surface area (Å²) in [7, 11) is 0. The van der Waals surface area contributed by atoms with E-state index in [2.05, 4.69) is 4.98 Å². The smallest absolute Gasteiger partial charge is 0.341 e. The van der Waals surface area contributed by atoms with Crippen LogP contribution in [0.2, 0.25) is 5.15 Å². The summed E-state index contributed by atoms with van der Waals surface area (Å²) in [4.78, 5) is 29.1. The van der Waals surface area contributed by atoms with Gasteiger partial charge in [0.2, 0.25) is 0 Å². The quantitative estimate of drug-likeness (QED) is 0.478. The zero-order valence-corrected chi connectivity index (χ0v) is 12.7. The first-order valence-corrected chi connectivity index (χ1v) is 7.01. The number of hydrogen-bond donors (Lipinski definition) is 0. The molecule has 1 aromatic heterocycles. The molecule has 0 unspecified atom stereocenters. The van der Waals surface area contributed by atoms with Gasteiger partial charge in [-0.05, 0) is 24.3 Å². The number of anilines is 1. The number of halogens is 1. The monoisotopic (exact) mass is 329 g/mol. The van der Waals surface area contributed by atoms with Gasteiger partial charge >= 0.3 is 5.97 Å². The molecule has 0 saturated carbocycles. The van der Waals surface area contributed by atoms with Crippen LogP contribution in [0.3, 0.4) is 0 Å². The van der Waals surface area contributed by atoms with Crippen LogP contribution in [0.5, 0.6) is 0 Å². The zero-order chi connectivity index (χ0) is 16.7. The van der Waals surface area contributed by atoms with Crippen LogP contribution < -0.4 is 4.90 Å². The van der Waals surface area contributed by atoms with Crippen molar-refractivity contribution in [2.75, 3.05) is 18.1 Å². The molecule has 0 aliphatic rings. The first-order chi connectivity index (χ1) is 11.1. The Bertz CT molecular complexity index is 744. The number of carbonyl (C=O) groups excluding carboxylic acids is 2. The van der Waals surface area contributed by atoms with Gasteiger partial charge in [-0.3, -0.25) is 9.69 Å². The maximum absolute atomic E-state index is 12.2. The predicted molar refractivity (Wildman–Crippen MR) is 83.9 cm³/mol. The molecule has 0 bridgehead atoms. The zero-order valence-electron chi connectivity index (χ0n) is 12.0. The number of ether oxygens (including phenoxy) is 1. The molecule has 0 atom stereocenters. The fourth-order valence-corrected chi connectivity index (χ4v) is 2.02. The summed E-state index contributed by atoms with van der Waals surface area (Å²) in [5.74, 6) is -1.26. The second-order valence-corrected chi connectivity index (χ2v) is 4.75. The van der Waals surface area contributed by atoms with Crippen molar-refractivity contribution in [2.45, 2.75) is 0 Å². The summed E-state index contributed by atoms with van der Waals surface area (Å²) in [5, 5.41) is 8.86. The van der Waals surface area contributed by atoms with Crippen molar-refractivity contribution in [1.82, 2.24) is 4.98 Å². The molecule has 1 amide bonds. The van der Waals surface area contributed by atoms with Crippen molar-refractivity contribution in [3.8, 4) is 6.07 Å². The first kappa shape index (κ1) is 16.5. The minimum absolute atomic E-state index is 0.00175. The van der Waals surface area contributed by atoms with Crippen molar-refractivity contribution in [1.29, 1.82) is 5.26 Å². The van der Waals surface area contributed by atoms with Gasteiger partial charge in [0.15, 0.2) is 6.61 Å². The molecule has 0 saturated heterocycles. The second-order valence-electron chi connectivity index (χ2n) is 4.39. The first-order valence-electron chi connectivity index (χ1n) is 6.63. The number of hydrogen-bond acceptors (Lipinski definition) is 5. The number of carbonyl (C=O) groups is 2. The van der Waals surface area contributed by atoms with Gasteiger partial charge in [0, 0.05) is 11.9 Å². The van der Waals surface area contributed by atoms with Crippen molar-refractivity contribution in [2.24, 2.45) is 0 Å². The molecule has 0 N–H and O–H groups in total. The highest BCUT2D eigenvalue weighted by atomic mass is 35.5. The largest absolute Gasteiger partial charge is 0.452 e. The second kappa shape index (κ2) is 7.92. The predicted octanol–water partition coefficient (Wildman–Crippen LogP) is 2.45. The van der Waals surface area contributed by atoms with Gasteiger partial charge in [0.25, 0.3) is 5.91 Å². The van der Waals surface area contributed by atoms with Crippen LogP contribution in [-0.4, -0.2) is 30.0 Å². The molecule has 0 aliphatic heterocycles. The lowest BCUT2D eigenvalue weighted by Gasteiger charge is -2.19. The third-order valence-electron chi connectivity index (χ3n) is 2.90. The average Bonchev–Trinajstić information content (AvgIpc) is 2.58. The molecule has 0 radical (unpaired) electrons. The maximum atomic E-state index is 12.2. The number of amides is 1. The van der Waals surface area contributed by atoms with Crippen LogP contribution in [0.1, 0.15) is 10.4 Å². The Morgan fingerprint density at radius 2 is 1.96 bits per heavy atom. The van der Waals surface area contributed by atoms with E-state index >= 15 is 0 Å². The molecule has 2 aromatic rings. The van der Waals surface area contributed by atoms with E-state index in [1.165, 1.54) is 23.2 Å². The van der Waals surface area contributed by atoms with E-state index in [1.807, 2.05) is 6.07 Å². The van der Waals surface area contributed by atoms with Crippen LogP contribution in [-0.2, 0) is 9.53 Å². The lowest BCUT2D eigenvalue weighted by molar-refractivity contribution is -0.121. The van der Waals surface area contributed by atoms with Gasteiger partial charge in [0.05, 0.1) is 11.6 Å². The molecule has 23 heavy (non-hydrogen) atoms. The molecular formula is C16H12ClN3O3. The number of nitrogens with zero attached hydrogens (tertiary/aromatic N) is 3. The summed E-state index contributed by atoms with van der Waals surface area (Å²) in [6.45, 7) is -0.644. The molecular weight excluding hydrogens is 318 g/mol. The third-order valence-corrected chi connectivity index (χ3v) is 3.20. The molecule has 6 nitrogen and oxygen atoms in total. The van der Waals surface area contributed by atoms with Gasteiger partial charge in [-0.2, -0.15) is 5.26 Å². The Morgan fingerprint density at radius 3 is 2.61 bits per heavy atom. The Labute approximate surface area is 137 Å². The fourth-order valence-electron chi connectivity index (χ4n) is 1.82. The summed E-state index contributed by atoms with van der Waals surface area (Å²) < 4.78 is 4.96. The van der Waals surface area contributed by atoms with Crippen LogP contribution in [0.25, 0.3) is 0 Å². The van der Waals surface area contributed by atoms with Crippen LogP contribution >= 0.6 is 11.6 Å². The summed E-state index contributed by atoms with van der Waals surface area (Å²) in [6.07, 6.45) is 1.44. The van der Waals surface area contributed by atoms with E-state index in [0.29, 0.717) is 5.69 Å². The SMILES string of the molecule is N#CCN(C(=O)COC(=O)c1cccnc1Cl)c1ccccc1. The number of pyridine rings is 1. The standard InChI is InChI=1S/C16H12ClN3O3/c17-15-13(7-4-9-19-15)16(22)23-11-14(21)20(10-8-18)12-5-2-1-3-6-12/h1-7,9H,10-11H2. The van der Waals surface area contributed by atoms with Crippen molar-refractivity contribution >= 4 is 29.2 Å². The molecule has 2 rings (SSSR count). The van der Waals surface area contributed by atoms with Crippen molar-refractivity contribution in [3.05, 3.63) is 59.4 Å². The van der Waals surface area contributed by atoms with Gasteiger partial charge in [0.1, 0.15) is 11.7 Å². The fraction of sp³-hybridized carbons (Fsp3) is 0.125. The van der Waals surface area contributed by atoms with Gasteiger partial charge in [-0.1, -0.05) is 29.8 Å². The van der Waals surface area contributed by atoms with E-state index in [9.17, 15) is 9.59 Å². The Kier molecular flexibility index (Phi) is 5.67. The minimum Gasteiger partial charge on any atom is -0.452 e. The van der Waals surface area contributed by atoms with E-state index < -0.39 is 18.5 Å². The molecule has 0 aliphatic carbocycles. The average molecular weight is 330 g/mol. The molecule has 1 aromatic carbocycles. The Morgan fingerprint density at radius 1 is 1.22 bits per heavy atom. The van der Waals surface area contributed by atoms with Gasteiger partial charge in [-0.25, -0.2) is 9.78 Å². The molecule has 116 valence electrons. The minimum atomic E-state index is -0.749. The van der Waals surface area contributed by atoms with Crippen LogP contribution in [0, 0.1) is 11.3 Å². The van der Waals surface area contributed by atoms with Crippen molar-refractivity contribution in [3.63, 3.8) is 0 Å².